The molecule has 0 amide bonds. The van der Waals surface area contributed by atoms with Crippen molar-refractivity contribution < 1.29 is 63.1 Å². The van der Waals surface area contributed by atoms with Crippen LogP contribution in [0.3, 0.4) is 0 Å². The van der Waals surface area contributed by atoms with E-state index in [9.17, 15) is 44.6 Å². The van der Waals surface area contributed by atoms with Gasteiger partial charge >= 0.3 is 19.8 Å². The van der Waals surface area contributed by atoms with E-state index >= 15 is 0 Å². The lowest BCUT2D eigenvalue weighted by Crippen LogP contribution is -2.64. The molecular formula is C37H67O13P. The summed E-state index contributed by atoms with van der Waals surface area (Å²) < 4.78 is 33.2. The van der Waals surface area contributed by atoms with Gasteiger partial charge in [0.15, 0.2) is 6.10 Å². The fourth-order valence-electron chi connectivity index (χ4n) is 5.58. The minimum Gasteiger partial charge on any atom is -0.462 e. The quantitative estimate of drug-likeness (QED) is 0.0225. The highest BCUT2D eigenvalue weighted by molar-refractivity contribution is 7.47. The molecule has 1 fully saturated rings. The molecule has 6 unspecified atom stereocenters. The van der Waals surface area contributed by atoms with E-state index in [0.29, 0.717) is 12.8 Å². The largest absolute Gasteiger partial charge is 0.472 e. The maximum atomic E-state index is 12.7. The molecule has 0 aromatic carbocycles. The van der Waals surface area contributed by atoms with Crippen LogP contribution in [-0.4, -0.2) is 98.3 Å². The van der Waals surface area contributed by atoms with Crippen molar-refractivity contribution in [1.29, 1.82) is 0 Å². The van der Waals surface area contributed by atoms with Gasteiger partial charge in [-0.1, -0.05) is 95.9 Å². The Kier molecular flexibility index (Phi) is 26.7. The first-order chi connectivity index (χ1) is 24.4. The Morgan fingerprint density at radius 2 is 1.04 bits per heavy atom. The summed E-state index contributed by atoms with van der Waals surface area (Å²) in [5.74, 6) is -1.13. The van der Waals surface area contributed by atoms with Gasteiger partial charge in [0.2, 0.25) is 0 Å². The second-order valence-electron chi connectivity index (χ2n) is 13.4. The lowest BCUT2D eigenvalue weighted by atomic mass is 9.85. The van der Waals surface area contributed by atoms with Crippen molar-refractivity contribution in [2.24, 2.45) is 0 Å². The van der Waals surface area contributed by atoms with E-state index in [-0.39, 0.29) is 12.8 Å². The van der Waals surface area contributed by atoms with Gasteiger partial charge in [0.1, 0.15) is 43.2 Å². The first-order valence-corrected chi connectivity index (χ1v) is 20.6. The van der Waals surface area contributed by atoms with Crippen molar-refractivity contribution in [2.75, 3.05) is 13.2 Å². The molecule has 1 aliphatic rings. The molecule has 1 rings (SSSR count). The van der Waals surface area contributed by atoms with Gasteiger partial charge in [-0.15, -0.1) is 0 Å². The zero-order chi connectivity index (χ0) is 37.9. The van der Waals surface area contributed by atoms with Crippen LogP contribution in [0.4, 0.5) is 0 Å². The molecule has 0 aliphatic heterocycles. The van der Waals surface area contributed by atoms with Crippen LogP contribution in [0.15, 0.2) is 24.3 Å². The topological polar surface area (TPSA) is 210 Å². The van der Waals surface area contributed by atoms with Crippen molar-refractivity contribution in [3.8, 4) is 0 Å². The number of aliphatic hydroxyl groups excluding tert-OH is 5. The van der Waals surface area contributed by atoms with Crippen LogP contribution in [0.25, 0.3) is 0 Å². The average Bonchev–Trinajstić information content (AvgIpc) is 3.10. The molecule has 298 valence electrons. The molecule has 13 nitrogen and oxygen atoms in total. The molecule has 0 bridgehead atoms. The molecule has 0 heterocycles. The van der Waals surface area contributed by atoms with Crippen molar-refractivity contribution in [3.63, 3.8) is 0 Å². The molecule has 6 atom stereocenters. The summed E-state index contributed by atoms with van der Waals surface area (Å²) in [7, 11) is -5.11. The van der Waals surface area contributed by atoms with Crippen LogP contribution in [0.1, 0.15) is 142 Å². The second-order valence-corrected chi connectivity index (χ2v) is 14.8. The van der Waals surface area contributed by atoms with Gasteiger partial charge in [0.05, 0.1) is 6.61 Å². The smallest absolute Gasteiger partial charge is 0.462 e. The van der Waals surface area contributed by atoms with E-state index in [4.69, 9.17) is 18.5 Å². The average molecular weight is 751 g/mol. The van der Waals surface area contributed by atoms with E-state index in [1.807, 2.05) is 0 Å². The number of esters is 2. The van der Waals surface area contributed by atoms with Crippen LogP contribution >= 0.6 is 7.82 Å². The molecule has 0 saturated heterocycles. The summed E-state index contributed by atoms with van der Waals surface area (Å²) in [6, 6.07) is 0. The third-order valence-electron chi connectivity index (χ3n) is 8.75. The number of carbonyl (C=O) groups is 2. The number of rotatable bonds is 30. The zero-order valence-corrected chi connectivity index (χ0v) is 31.8. The minimum atomic E-state index is -5.11. The van der Waals surface area contributed by atoms with Gasteiger partial charge in [-0.05, 0) is 57.8 Å². The molecule has 51 heavy (non-hydrogen) atoms. The SMILES string of the molecule is CCC/C=C\CCCCCCCC(=O)OCC(COP(=O)(O)OC1C(O)C(O)C(O)C(O)C1O)OC(=O)CCCCCCC/C=C\CCCCC. The van der Waals surface area contributed by atoms with Crippen LogP contribution in [-0.2, 0) is 32.7 Å². The Labute approximate surface area is 305 Å². The highest BCUT2D eigenvalue weighted by Gasteiger charge is 2.51. The van der Waals surface area contributed by atoms with Gasteiger partial charge in [-0.3, -0.25) is 18.6 Å². The highest BCUT2D eigenvalue weighted by Crippen LogP contribution is 2.47. The number of allylic oxidation sites excluding steroid dienone is 4. The zero-order valence-electron chi connectivity index (χ0n) is 30.9. The fourth-order valence-corrected chi connectivity index (χ4v) is 6.55. The Morgan fingerprint density at radius 1 is 0.588 bits per heavy atom. The summed E-state index contributed by atoms with van der Waals surface area (Å²) in [5, 5.41) is 49.9. The van der Waals surface area contributed by atoms with Crippen molar-refractivity contribution in [2.45, 2.75) is 185 Å². The van der Waals surface area contributed by atoms with E-state index in [0.717, 1.165) is 83.5 Å². The summed E-state index contributed by atoms with van der Waals surface area (Å²) in [5.41, 5.74) is 0. The van der Waals surface area contributed by atoms with Crippen molar-refractivity contribution in [1.82, 2.24) is 0 Å². The Balaban J connectivity index is 2.57. The number of phosphoric ester groups is 1. The third-order valence-corrected chi connectivity index (χ3v) is 9.73. The van der Waals surface area contributed by atoms with Crippen LogP contribution in [0.2, 0.25) is 0 Å². The number of aliphatic hydroxyl groups is 5. The molecule has 0 aromatic heterocycles. The molecule has 1 aliphatic carbocycles. The summed E-state index contributed by atoms with van der Waals surface area (Å²) in [4.78, 5) is 35.4. The second kappa shape index (κ2) is 28.8. The molecule has 0 aromatic rings. The first kappa shape index (κ1) is 47.4. The summed E-state index contributed by atoms with van der Waals surface area (Å²) >= 11 is 0. The highest BCUT2D eigenvalue weighted by atomic mass is 31.2. The number of carbonyl (C=O) groups excluding carboxylic acids is 2. The molecule has 6 N–H and O–H groups in total. The standard InChI is InChI=1S/C37H67O13P/c1-3-5-7-9-11-13-15-16-18-20-22-24-26-31(39)49-29(27-47-30(38)25-23-21-19-17-14-12-10-8-6-4-2)28-48-51(45,46)50-37-35(43)33(41)32(40)34(42)36(37)44/h8,10-11,13,29,32-37,40-44H,3-7,9,12,14-28H2,1-2H3,(H,45,46)/b10-8-,13-11-. The predicted octanol–water partition coefficient (Wildman–Crippen LogP) is 5.72. The van der Waals surface area contributed by atoms with Crippen LogP contribution in [0.5, 0.6) is 0 Å². The number of hydrogen-bond acceptors (Lipinski definition) is 12. The number of unbranched alkanes of at least 4 members (excludes halogenated alkanes) is 14. The first-order valence-electron chi connectivity index (χ1n) is 19.1. The third kappa shape index (κ3) is 22.2. The Hall–Kier alpha value is -1.67. The normalized spacial score (nSPS) is 24.2. The van der Waals surface area contributed by atoms with Gasteiger partial charge in [-0.25, -0.2) is 4.57 Å². The number of ether oxygens (including phenoxy) is 2. The number of phosphoric acid groups is 1. The van der Waals surface area contributed by atoms with Gasteiger partial charge < -0.3 is 39.9 Å². The Bertz CT molecular complexity index is 1010. The molecule has 1 saturated carbocycles. The predicted molar refractivity (Wildman–Crippen MR) is 193 cm³/mol. The van der Waals surface area contributed by atoms with Crippen LogP contribution in [0, 0.1) is 0 Å². The summed E-state index contributed by atoms with van der Waals surface area (Å²) in [6.07, 6.45) is 14.1. The molecule has 14 heteroatoms. The number of hydrogen-bond donors (Lipinski definition) is 6. The van der Waals surface area contributed by atoms with Crippen molar-refractivity contribution in [3.05, 3.63) is 24.3 Å². The molecule has 0 radical (unpaired) electrons. The van der Waals surface area contributed by atoms with Gasteiger partial charge in [0.25, 0.3) is 0 Å². The Morgan fingerprint density at radius 3 is 1.57 bits per heavy atom. The lowest BCUT2D eigenvalue weighted by Gasteiger charge is -2.41. The van der Waals surface area contributed by atoms with E-state index in [1.165, 1.54) is 19.3 Å². The summed E-state index contributed by atoms with van der Waals surface area (Å²) in [6.45, 7) is 3.15. The maximum Gasteiger partial charge on any atom is 0.472 e. The van der Waals surface area contributed by atoms with Crippen LogP contribution < -0.4 is 0 Å². The maximum absolute atomic E-state index is 12.7. The monoisotopic (exact) mass is 750 g/mol. The fraction of sp³-hybridized carbons (Fsp3) is 0.838. The lowest BCUT2D eigenvalue weighted by molar-refractivity contribution is -0.220. The van der Waals surface area contributed by atoms with E-state index in [2.05, 4.69) is 38.2 Å². The van der Waals surface area contributed by atoms with E-state index < -0.39 is 75.7 Å². The van der Waals surface area contributed by atoms with Gasteiger partial charge in [-0.2, -0.15) is 0 Å². The molecule has 0 spiro atoms. The molecular weight excluding hydrogens is 683 g/mol. The van der Waals surface area contributed by atoms with Gasteiger partial charge in [0, 0.05) is 12.8 Å². The van der Waals surface area contributed by atoms with Crippen molar-refractivity contribution >= 4 is 19.8 Å². The van der Waals surface area contributed by atoms with E-state index in [1.54, 1.807) is 0 Å². The minimum absolute atomic E-state index is 0.0853.